The molecule has 4 rings (SSSR count). The highest BCUT2D eigenvalue weighted by molar-refractivity contribution is 9.10. The van der Waals surface area contributed by atoms with Crippen molar-refractivity contribution in [2.45, 2.75) is 32.9 Å². The lowest BCUT2D eigenvalue weighted by Crippen LogP contribution is -2.42. The van der Waals surface area contributed by atoms with Gasteiger partial charge < -0.3 is 9.84 Å². The molecule has 1 N–H and O–H groups in total. The molecule has 1 saturated heterocycles. The second-order valence-corrected chi connectivity index (χ2v) is 8.72. The van der Waals surface area contributed by atoms with Gasteiger partial charge in [0.15, 0.2) is 0 Å². The number of hydrogen-bond acceptors (Lipinski definition) is 5. The van der Waals surface area contributed by atoms with Crippen LogP contribution in [0.1, 0.15) is 29.9 Å². The van der Waals surface area contributed by atoms with Crippen LogP contribution in [0.4, 0.5) is 0 Å². The van der Waals surface area contributed by atoms with Crippen LogP contribution in [0.15, 0.2) is 57.5 Å². The van der Waals surface area contributed by atoms with Crippen molar-refractivity contribution in [2.24, 2.45) is 5.92 Å². The van der Waals surface area contributed by atoms with E-state index in [9.17, 15) is 4.79 Å². The van der Waals surface area contributed by atoms with Gasteiger partial charge in [-0.2, -0.15) is 4.98 Å². The van der Waals surface area contributed by atoms with Gasteiger partial charge in [0.2, 0.25) is 17.6 Å². The molecule has 2 aromatic carbocycles. The molecule has 6 nitrogen and oxygen atoms in total. The fourth-order valence-electron chi connectivity index (χ4n) is 3.80. The largest absolute Gasteiger partial charge is 0.352 e. The van der Waals surface area contributed by atoms with Crippen molar-refractivity contribution in [3.8, 4) is 11.4 Å². The molecule has 0 bridgehead atoms. The number of nitrogens with one attached hydrogen (secondary N) is 1. The maximum Gasteiger partial charge on any atom is 0.241 e. The molecular formula is C23H25BrN4O2. The van der Waals surface area contributed by atoms with Gasteiger partial charge in [0.25, 0.3) is 0 Å². The summed E-state index contributed by atoms with van der Waals surface area (Å²) < 4.78 is 6.46. The minimum Gasteiger partial charge on any atom is -0.352 e. The fraction of sp³-hybridized carbons (Fsp3) is 0.348. The highest BCUT2D eigenvalue weighted by Crippen LogP contribution is 2.22. The van der Waals surface area contributed by atoms with Crippen LogP contribution in [0.5, 0.6) is 0 Å². The molecule has 7 heteroatoms. The third-order valence-corrected chi connectivity index (χ3v) is 5.88. The molecule has 1 unspecified atom stereocenters. The van der Waals surface area contributed by atoms with Gasteiger partial charge in [-0.15, -0.1) is 0 Å². The number of amides is 1. The second kappa shape index (κ2) is 9.53. The number of benzene rings is 2. The summed E-state index contributed by atoms with van der Waals surface area (Å²) >= 11 is 3.43. The predicted molar refractivity (Wildman–Crippen MR) is 118 cm³/mol. The zero-order chi connectivity index (χ0) is 20.9. The third-order valence-electron chi connectivity index (χ3n) is 5.35. The van der Waals surface area contributed by atoms with E-state index in [1.807, 2.05) is 36.4 Å². The molecule has 1 atom stereocenters. The lowest BCUT2D eigenvalue weighted by molar-refractivity contribution is -0.127. The average Bonchev–Trinajstić information content (AvgIpc) is 3.21. The molecule has 1 amide bonds. The SMILES string of the molecule is Cc1cccc(CNC(=O)C2CCCN(Cc3nc(-c4ccc(Br)cc4)no3)C2)c1. The molecule has 0 radical (unpaired) electrons. The quantitative estimate of drug-likeness (QED) is 0.582. The molecule has 30 heavy (non-hydrogen) atoms. The average molecular weight is 469 g/mol. The van der Waals surface area contributed by atoms with Crippen LogP contribution >= 0.6 is 15.9 Å². The molecule has 3 aromatic rings. The van der Waals surface area contributed by atoms with Gasteiger partial charge in [0, 0.05) is 23.1 Å². The summed E-state index contributed by atoms with van der Waals surface area (Å²) in [6, 6.07) is 16.0. The summed E-state index contributed by atoms with van der Waals surface area (Å²) in [6.07, 6.45) is 1.89. The third kappa shape index (κ3) is 5.34. The summed E-state index contributed by atoms with van der Waals surface area (Å²) in [5, 5.41) is 7.19. The first-order valence-electron chi connectivity index (χ1n) is 10.2. The smallest absolute Gasteiger partial charge is 0.241 e. The minimum absolute atomic E-state index is 0.0163. The number of halogens is 1. The maximum atomic E-state index is 12.7. The van der Waals surface area contributed by atoms with E-state index < -0.39 is 0 Å². The molecule has 156 valence electrons. The van der Waals surface area contributed by atoms with Crippen molar-refractivity contribution in [2.75, 3.05) is 13.1 Å². The summed E-state index contributed by atoms with van der Waals surface area (Å²) in [4.78, 5) is 19.4. The van der Waals surface area contributed by atoms with Crippen LogP contribution in [0.2, 0.25) is 0 Å². The Morgan fingerprint density at radius 2 is 2.10 bits per heavy atom. The number of likely N-dealkylation sites (tertiary alicyclic amines) is 1. The molecule has 1 fully saturated rings. The highest BCUT2D eigenvalue weighted by atomic mass is 79.9. The van der Waals surface area contributed by atoms with Crippen molar-refractivity contribution < 1.29 is 9.32 Å². The Balaban J connectivity index is 1.31. The van der Waals surface area contributed by atoms with Crippen LogP contribution in [-0.4, -0.2) is 34.0 Å². The molecule has 0 aliphatic carbocycles. The van der Waals surface area contributed by atoms with E-state index in [0.717, 1.165) is 35.0 Å². The number of piperidine rings is 1. The van der Waals surface area contributed by atoms with Crippen LogP contribution in [0.25, 0.3) is 11.4 Å². The van der Waals surface area contributed by atoms with Gasteiger partial charge in [0.1, 0.15) is 0 Å². The topological polar surface area (TPSA) is 71.3 Å². The van der Waals surface area contributed by atoms with Gasteiger partial charge >= 0.3 is 0 Å². The fourth-order valence-corrected chi connectivity index (χ4v) is 4.06. The lowest BCUT2D eigenvalue weighted by atomic mass is 9.97. The van der Waals surface area contributed by atoms with Crippen molar-refractivity contribution in [1.82, 2.24) is 20.4 Å². The molecule has 0 spiro atoms. The van der Waals surface area contributed by atoms with Crippen LogP contribution in [0, 0.1) is 12.8 Å². The first kappa shape index (κ1) is 20.8. The Bertz CT molecular complexity index is 1000. The lowest BCUT2D eigenvalue weighted by Gasteiger charge is -2.30. The van der Waals surface area contributed by atoms with E-state index in [1.54, 1.807) is 0 Å². The number of nitrogens with zero attached hydrogens (tertiary/aromatic N) is 3. The van der Waals surface area contributed by atoms with E-state index >= 15 is 0 Å². The van der Waals surface area contributed by atoms with Crippen molar-refractivity contribution in [1.29, 1.82) is 0 Å². The van der Waals surface area contributed by atoms with Gasteiger partial charge in [0.05, 0.1) is 12.5 Å². The van der Waals surface area contributed by atoms with Gasteiger partial charge in [-0.3, -0.25) is 9.69 Å². The molecule has 1 aliphatic heterocycles. The summed E-state index contributed by atoms with van der Waals surface area (Å²) in [5.41, 5.74) is 3.25. The molecule has 2 heterocycles. The van der Waals surface area contributed by atoms with Crippen molar-refractivity contribution in [3.05, 3.63) is 70.0 Å². The zero-order valence-electron chi connectivity index (χ0n) is 17.0. The zero-order valence-corrected chi connectivity index (χ0v) is 18.6. The number of hydrogen-bond donors (Lipinski definition) is 1. The molecule has 0 saturated carbocycles. The molecular weight excluding hydrogens is 444 g/mol. The number of aryl methyl sites for hydroxylation is 1. The standard InChI is InChI=1S/C23H25BrN4O2/c1-16-4-2-5-17(12-16)13-25-23(29)19-6-3-11-28(14-19)15-21-26-22(27-30-21)18-7-9-20(24)10-8-18/h2,4-5,7-10,12,19H,3,6,11,13-15H2,1H3,(H,25,29). The number of carbonyl (C=O) groups excluding carboxylic acids is 1. The molecule has 1 aromatic heterocycles. The van der Waals surface area contributed by atoms with Crippen molar-refractivity contribution in [3.63, 3.8) is 0 Å². The van der Waals surface area contributed by atoms with E-state index in [-0.39, 0.29) is 11.8 Å². The maximum absolute atomic E-state index is 12.7. The number of carbonyl (C=O) groups is 1. The van der Waals surface area contributed by atoms with E-state index in [2.05, 4.69) is 55.3 Å². The van der Waals surface area contributed by atoms with Crippen LogP contribution < -0.4 is 5.32 Å². The summed E-state index contributed by atoms with van der Waals surface area (Å²) in [7, 11) is 0. The Morgan fingerprint density at radius 3 is 2.90 bits per heavy atom. The Hall–Kier alpha value is -2.51. The van der Waals surface area contributed by atoms with Gasteiger partial charge in [-0.05, 0) is 56.1 Å². The Morgan fingerprint density at radius 1 is 1.27 bits per heavy atom. The van der Waals surface area contributed by atoms with Crippen molar-refractivity contribution >= 4 is 21.8 Å². The molecule has 1 aliphatic rings. The van der Waals surface area contributed by atoms with Crippen LogP contribution in [0.3, 0.4) is 0 Å². The van der Waals surface area contributed by atoms with E-state index in [1.165, 1.54) is 5.56 Å². The normalized spacial score (nSPS) is 17.1. The number of rotatable bonds is 6. The predicted octanol–water partition coefficient (Wildman–Crippen LogP) is 4.34. The minimum atomic E-state index is -0.0163. The first-order valence-corrected chi connectivity index (χ1v) is 11.0. The van der Waals surface area contributed by atoms with Crippen LogP contribution in [-0.2, 0) is 17.9 Å². The summed E-state index contributed by atoms with van der Waals surface area (Å²) in [6.45, 7) is 4.82. The Labute approximate surface area is 184 Å². The van der Waals surface area contributed by atoms with Gasteiger partial charge in [-0.25, -0.2) is 0 Å². The van der Waals surface area contributed by atoms with Gasteiger partial charge in [-0.1, -0.05) is 50.9 Å². The summed E-state index contributed by atoms with van der Waals surface area (Å²) in [5.74, 6) is 1.26. The monoisotopic (exact) mass is 468 g/mol. The highest BCUT2D eigenvalue weighted by Gasteiger charge is 2.26. The second-order valence-electron chi connectivity index (χ2n) is 7.80. The van der Waals surface area contributed by atoms with E-state index in [0.29, 0.717) is 31.3 Å². The first-order chi connectivity index (χ1) is 14.6. The Kier molecular flexibility index (Phi) is 6.59. The number of aromatic nitrogens is 2. The van der Waals surface area contributed by atoms with E-state index in [4.69, 9.17) is 4.52 Å².